The van der Waals surface area contributed by atoms with Gasteiger partial charge in [0.2, 0.25) is 5.91 Å². The summed E-state index contributed by atoms with van der Waals surface area (Å²) >= 11 is 7.47. The van der Waals surface area contributed by atoms with Gasteiger partial charge in [0.1, 0.15) is 0 Å². The Morgan fingerprint density at radius 2 is 2.00 bits per heavy atom. The van der Waals surface area contributed by atoms with E-state index in [2.05, 4.69) is 5.32 Å². The second-order valence-electron chi connectivity index (χ2n) is 6.33. The molecule has 1 aliphatic heterocycles. The molecule has 4 nitrogen and oxygen atoms in total. The smallest absolute Gasteiger partial charge is 0.263 e. The number of nitrogens with one attached hydrogen (secondary N) is 1. The highest BCUT2D eigenvalue weighted by Crippen LogP contribution is 2.23. The maximum absolute atomic E-state index is 12.5. The number of carbonyl (C=O) groups excluding carboxylic acids is 2. The Morgan fingerprint density at radius 3 is 2.64 bits per heavy atom. The molecule has 3 rings (SSSR count). The van der Waals surface area contributed by atoms with Crippen molar-refractivity contribution in [3.63, 3.8) is 0 Å². The van der Waals surface area contributed by atoms with E-state index in [0.29, 0.717) is 31.0 Å². The van der Waals surface area contributed by atoms with Crippen molar-refractivity contribution < 1.29 is 9.59 Å². The van der Waals surface area contributed by atoms with E-state index in [0.717, 1.165) is 10.4 Å². The molecule has 0 saturated carbocycles. The van der Waals surface area contributed by atoms with Crippen molar-refractivity contribution in [1.29, 1.82) is 0 Å². The molecule has 1 aliphatic rings. The summed E-state index contributed by atoms with van der Waals surface area (Å²) in [7, 11) is 0. The van der Waals surface area contributed by atoms with Crippen LogP contribution in [-0.4, -0.2) is 29.8 Å². The molecule has 0 radical (unpaired) electrons. The van der Waals surface area contributed by atoms with Gasteiger partial charge in [-0.05, 0) is 48.9 Å². The summed E-state index contributed by atoms with van der Waals surface area (Å²) in [6, 6.07) is 11.2. The minimum absolute atomic E-state index is 0.0472. The van der Waals surface area contributed by atoms with Crippen LogP contribution in [0.1, 0.15) is 41.0 Å². The molecule has 1 aromatic heterocycles. The van der Waals surface area contributed by atoms with E-state index in [1.54, 1.807) is 0 Å². The fourth-order valence-electron chi connectivity index (χ4n) is 3.09. The van der Waals surface area contributed by atoms with Crippen molar-refractivity contribution >= 4 is 34.8 Å². The zero-order valence-electron chi connectivity index (χ0n) is 14.1. The molecule has 6 heteroatoms. The number of carbonyl (C=O) groups is 2. The quantitative estimate of drug-likeness (QED) is 0.872. The van der Waals surface area contributed by atoms with Gasteiger partial charge in [-0.15, -0.1) is 11.3 Å². The topological polar surface area (TPSA) is 49.4 Å². The van der Waals surface area contributed by atoms with Crippen LogP contribution in [0.25, 0.3) is 0 Å². The highest BCUT2D eigenvalue weighted by atomic mass is 35.5. The Balaban J connectivity index is 1.52. The van der Waals surface area contributed by atoms with Crippen LogP contribution in [0.3, 0.4) is 0 Å². The number of rotatable bonds is 4. The van der Waals surface area contributed by atoms with Crippen molar-refractivity contribution in [2.75, 3.05) is 13.1 Å². The molecule has 25 heavy (non-hydrogen) atoms. The summed E-state index contributed by atoms with van der Waals surface area (Å²) in [4.78, 5) is 27.5. The average molecular weight is 377 g/mol. The number of nitrogens with zero attached hydrogens (tertiary/aromatic N) is 1. The number of hydrogen-bond donors (Lipinski definition) is 1. The van der Waals surface area contributed by atoms with Crippen LogP contribution >= 0.6 is 22.9 Å². The van der Waals surface area contributed by atoms with Crippen molar-refractivity contribution in [3.05, 3.63) is 57.2 Å². The number of hydrogen-bond acceptors (Lipinski definition) is 3. The monoisotopic (exact) mass is 376 g/mol. The third-order valence-electron chi connectivity index (χ3n) is 4.59. The highest BCUT2D eigenvalue weighted by molar-refractivity contribution is 7.12. The molecule has 132 valence electrons. The van der Waals surface area contributed by atoms with Crippen LogP contribution in [0.5, 0.6) is 0 Å². The van der Waals surface area contributed by atoms with Crippen LogP contribution in [0.4, 0.5) is 0 Å². The van der Waals surface area contributed by atoms with Gasteiger partial charge in [-0.2, -0.15) is 0 Å². The van der Waals surface area contributed by atoms with Gasteiger partial charge in [0.05, 0.1) is 10.9 Å². The van der Waals surface area contributed by atoms with E-state index in [9.17, 15) is 9.59 Å². The van der Waals surface area contributed by atoms with Crippen molar-refractivity contribution in [3.8, 4) is 0 Å². The zero-order valence-corrected chi connectivity index (χ0v) is 15.6. The fourth-order valence-corrected chi connectivity index (χ4v) is 3.98. The van der Waals surface area contributed by atoms with Gasteiger partial charge in [-0.1, -0.05) is 29.8 Å². The fraction of sp³-hybridized carbons (Fsp3) is 0.368. The molecule has 0 bridgehead atoms. The van der Waals surface area contributed by atoms with Gasteiger partial charge in [0.25, 0.3) is 5.91 Å². The van der Waals surface area contributed by atoms with E-state index in [1.165, 1.54) is 11.3 Å². The second kappa shape index (κ2) is 8.02. The first kappa shape index (κ1) is 18.0. The Labute approximate surface area is 156 Å². The van der Waals surface area contributed by atoms with Crippen molar-refractivity contribution in [2.24, 2.45) is 5.92 Å². The summed E-state index contributed by atoms with van der Waals surface area (Å²) in [5.74, 6) is 0.0749. The average Bonchev–Trinajstić information content (AvgIpc) is 3.16. The largest absolute Gasteiger partial charge is 0.349 e. The number of piperidine rings is 1. The predicted molar refractivity (Wildman–Crippen MR) is 101 cm³/mol. The first-order chi connectivity index (χ1) is 12.0. The van der Waals surface area contributed by atoms with Crippen LogP contribution < -0.4 is 5.32 Å². The number of amides is 2. The van der Waals surface area contributed by atoms with E-state index in [-0.39, 0.29) is 23.8 Å². The molecule has 1 N–H and O–H groups in total. The Bertz CT molecular complexity index is 740. The van der Waals surface area contributed by atoms with Crippen molar-refractivity contribution in [1.82, 2.24) is 10.2 Å². The molecule has 2 heterocycles. The summed E-state index contributed by atoms with van der Waals surface area (Å²) in [5, 5.41) is 5.64. The van der Waals surface area contributed by atoms with Crippen LogP contribution in [-0.2, 0) is 4.79 Å². The Morgan fingerprint density at radius 1 is 1.24 bits per heavy atom. The molecule has 1 atom stereocenters. The molecule has 1 fully saturated rings. The van der Waals surface area contributed by atoms with Crippen LogP contribution in [0.2, 0.25) is 5.02 Å². The van der Waals surface area contributed by atoms with Crippen LogP contribution in [0.15, 0.2) is 41.8 Å². The summed E-state index contributed by atoms with van der Waals surface area (Å²) in [6.07, 6.45) is 1.40. The van der Waals surface area contributed by atoms with Crippen LogP contribution in [0, 0.1) is 5.92 Å². The predicted octanol–water partition coefficient (Wildman–Crippen LogP) is 4.13. The SMILES string of the molecule is C[C@H](NC(=O)C1CCN(C(=O)c2cccs2)CC1)c1cccc(Cl)c1. The third kappa shape index (κ3) is 4.41. The van der Waals surface area contributed by atoms with E-state index in [1.807, 2.05) is 53.6 Å². The number of benzene rings is 1. The molecular weight excluding hydrogens is 356 g/mol. The molecule has 2 amide bonds. The molecule has 1 saturated heterocycles. The number of halogens is 1. The lowest BCUT2D eigenvalue weighted by molar-refractivity contribution is -0.126. The molecular formula is C19H21ClN2O2S. The van der Waals surface area contributed by atoms with E-state index in [4.69, 9.17) is 11.6 Å². The van der Waals surface area contributed by atoms with E-state index < -0.39 is 0 Å². The molecule has 0 unspecified atom stereocenters. The second-order valence-corrected chi connectivity index (χ2v) is 7.71. The molecule has 1 aromatic carbocycles. The van der Waals surface area contributed by atoms with Gasteiger partial charge in [0.15, 0.2) is 0 Å². The Hall–Kier alpha value is -1.85. The van der Waals surface area contributed by atoms with Gasteiger partial charge in [-0.3, -0.25) is 9.59 Å². The summed E-state index contributed by atoms with van der Waals surface area (Å²) in [6.45, 7) is 3.21. The summed E-state index contributed by atoms with van der Waals surface area (Å²) < 4.78 is 0. The van der Waals surface area contributed by atoms with Gasteiger partial charge < -0.3 is 10.2 Å². The van der Waals surface area contributed by atoms with Gasteiger partial charge >= 0.3 is 0 Å². The molecule has 0 aliphatic carbocycles. The molecule has 2 aromatic rings. The minimum atomic E-state index is -0.0861. The van der Waals surface area contributed by atoms with Gasteiger partial charge in [-0.25, -0.2) is 0 Å². The highest BCUT2D eigenvalue weighted by Gasteiger charge is 2.28. The lowest BCUT2D eigenvalue weighted by atomic mass is 9.95. The summed E-state index contributed by atoms with van der Waals surface area (Å²) in [5.41, 5.74) is 0.992. The van der Waals surface area contributed by atoms with Gasteiger partial charge in [0, 0.05) is 24.0 Å². The maximum Gasteiger partial charge on any atom is 0.263 e. The maximum atomic E-state index is 12.5. The van der Waals surface area contributed by atoms with Crippen molar-refractivity contribution in [2.45, 2.75) is 25.8 Å². The zero-order chi connectivity index (χ0) is 17.8. The lowest BCUT2D eigenvalue weighted by Gasteiger charge is -2.31. The minimum Gasteiger partial charge on any atom is -0.349 e. The first-order valence-electron chi connectivity index (χ1n) is 8.43. The Kier molecular flexibility index (Phi) is 5.76. The van der Waals surface area contributed by atoms with E-state index >= 15 is 0 Å². The normalized spacial score (nSPS) is 16.5. The number of likely N-dealkylation sites (tertiary alicyclic amines) is 1. The first-order valence-corrected chi connectivity index (χ1v) is 9.69. The molecule has 0 spiro atoms. The lowest BCUT2D eigenvalue weighted by Crippen LogP contribution is -2.43. The standard InChI is InChI=1S/C19H21ClN2O2S/c1-13(15-4-2-5-16(20)12-15)21-18(23)14-7-9-22(10-8-14)19(24)17-6-3-11-25-17/h2-6,11-14H,7-10H2,1H3,(H,21,23)/t13-/m0/s1. The third-order valence-corrected chi connectivity index (χ3v) is 5.69. The number of thiophene rings is 1.